The number of hydrogen-bond donors (Lipinski definition) is 0. The van der Waals surface area contributed by atoms with Crippen molar-refractivity contribution in [3.63, 3.8) is 0 Å². The molecular weight excluding hydrogens is 357 g/mol. The molecule has 0 aliphatic carbocycles. The van der Waals surface area contributed by atoms with Crippen LogP contribution in [0, 0.1) is 0 Å². The van der Waals surface area contributed by atoms with Gasteiger partial charge in [0.1, 0.15) is 0 Å². The van der Waals surface area contributed by atoms with Gasteiger partial charge in [-0.2, -0.15) is 0 Å². The Morgan fingerprint density at radius 2 is 1.36 bits per heavy atom. The third-order valence-corrected chi connectivity index (χ3v) is 93.2. The van der Waals surface area contributed by atoms with E-state index in [0.29, 0.717) is 4.01 Å². The first-order chi connectivity index (χ1) is 10.3. The molecule has 10 aliphatic rings. The van der Waals surface area contributed by atoms with Gasteiger partial charge < -0.3 is 0 Å². The van der Waals surface area contributed by atoms with E-state index in [4.69, 9.17) is 0 Å². The molecule has 0 aromatic heterocycles. The van der Waals surface area contributed by atoms with Crippen molar-refractivity contribution in [2.75, 3.05) is 0 Å². The molecule has 0 saturated carbocycles. The first-order valence-corrected chi connectivity index (χ1v) is 19.4. The van der Waals surface area contributed by atoms with Crippen molar-refractivity contribution >= 4 is 5.78 Å². The topological polar surface area (TPSA) is 17.1 Å². The Balaban J connectivity index is 1.66. The average Bonchev–Trinajstić information content (AvgIpc) is 3.47. The maximum absolute atomic E-state index is 13.3. The van der Waals surface area contributed by atoms with Crippen molar-refractivity contribution in [3.05, 3.63) is 0 Å². The summed E-state index contributed by atoms with van der Waals surface area (Å²) in [7, 11) is -4.13. The molecule has 0 bridgehead atoms. The number of fused-ring (bicyclic) bond motifs is 10. The van der Waals surface area contributed by atoms with Crippen molar-refractivity contribution in [3.8, 4) is 0 Å². The van der Waals surface area contributed by atoms with Crippen molar-refractivity contribution < 1.29 is 12.5 Å². The number of carbonyl (C=O) groups is 1. The summed E-state index contributed by atoms with van der Waals surface area (Å²) in [5.41, 5.74) is 0. The summed E-state index contributed by atoms with van der Waals surface area (Å²) in [6.45, 7) is 12.3. The zero-order chi connectivity index (χ0) is 15.1. The number of ketones is 1. The van der Waals surface area contributed by atoms with Gasteiger partial charge in [-0.3, -0.25) is 0 Å². The molecule has 10 aliphatic heterocycles. The monoisotopic (exact) mass is 386 g/mol. The Morgan fingerprint density at radius 1 is 0.818 bits per heavy atom. The molecule has 0 aromatic carbocycles. The molecule has 10 heterocycles. The van der Waals surface area contributed by atoms with Gasteiger partial charge in [0, 0.05) is 0 Å². The molecule has 9 atom stereocenters. The maximum atomic E-state index is 13.3. The van der Waals surface area contributed by atoms with Gasteiger partial charge in [0.15, 0.2) is 0 Å². The fraction of sp³-hybridized carbons (Fsp3) is 0.950. The SMILES string of the molecule is CC[C]12[CH]3[CH]4[C]5(C(C)=O)[CH]1[Ru]34251678[CH]2[C]1(CC)[CH]6[C]7(CC)[C]28CC. The van der Waals surface area contributed by atoms with Crippen LogP contribution in [0.2, 0.25) is 42.6 Å². The molecule has 10 rings (SSSR count). The van der Waals surface area contributed by atoms with E-state index in [1.165, 1.54) is 39.2 Å². The Morgan fingerprint density at radius 3 is 1.68 bits per heavy atom. The van der Waals surface area contributed by atoms with E-state index in [9.17, 15) is 4.79 Å². The summed E-state index contributed by atoms with van der Waals surface area (Å²) in [6, 6.07) is 0. The fourth-order valence-corrected chi connectivity index (χ4v) is 178. The Labute approximate surface area is 121 Å². The van der Waals surface area contributed by atoms with Gasteiger partial charge in [-0.1, -0.05) is 0 Å². The van der Waals surface area contributed by atoms with Crippen molar-refractivity contribution in [2.45, 2.75) is 103 Å². The van der Waals surface area contributed by atoms with E-state index in [1.54, 1.807) is 0 Å². The molecule has 9 unspecified atom stereocenters. The second-order valence-corrected chi connectivity index (χ2v) is 48.3. The van der Waals surface area contributed by atoms with Crippen LogP contribution in [0.25, 0.3) is 0 Å². The van der Waals surface area contributed by atoms with Gasteiger partial charge in [0.25, 0.3) is 0 Å². The molecule has 10 saturated heterocycles. The van der Waals surface area contributed by atoms with Crippen LogP contribution in [0.5, 0.6) is 0 Å². The fourth-order valence-electron chi connectivity index (χ4n) is 24.5. The second kappa shape index (κ2) is 0.926. The van der Waals surface area contributed by atoms with Crippen LogP contribution in [-0.4, -0.2) is 5.78 Å². The number of rotatable bonds is 5. The van der Waals surface area contributed by atoms with Crippen LogP contribution >= 0.6 is 0 Å². The van der Waals surface area contributed by atoms with Gasteiger partial charge in [-0.05, 0) is 0 Å². The molecular formula is C20H28ORu. The van der Waals surface area contributed by atoms with E-state index < -0.39 is 7.72 Å². The van der Waals surface area contributed by atoms with Gasteiger partial charge in [0.2, 0.25) is 0 Å². The summed E-state index contributed by atoms with van der Waals surface area (Å²) in [5, 5.41) is 0. The number of Topliss-reactive ketones (excluding diaryl/α,β-unsaturated/α-hetero) is 1. The Kier molecular flexibility index (Phi) is 0.435. The molecule has 22 heavy (non-hydrogen) atoms. The van der Waals surface area contributed by atoms with E-state index in [-0.39, 0.29) is 0 Å². The van der Waals surface area contributed by atoms with E-state index >= 15 is 0 Å². The van der Waals surface area contributed by atoms with E-state index in [0.717, 1.165) is 30.8 Å². The molecule has 0 radical (unpaired) electrons. The summed E-state index contributed by atoms with van der Waals surface area (Å²) in [4.78, 5) is 13.3. The third kappa shape index (κ3) is 0.0935. The average molecular weight is 386 g/mol. The number of carbonyl (C=O) groups excluding carboxylic acids is 1. The van der Waals surface area contributed by atoms with Crippen molar-refractivity contribution in [1.82, 2.24) is 0 Å². The van der Waals surface area contributed by atoms with Gasteiger partial charge in [-0.25, -0.2) is 0 Å². The molecule has 1 nitrogen and oxygen atoms in total. The second-order valence-electron chi connectivity index (χ2n) is 12.6. The van der Waals surface area contributed by atoms with Crippen LogP contribution in [0.3, 0.4) is 0 Å². The van der Waals surface area contributed by atoms with Crippen LogP contribution < -0.4 is 0 Å². The van der Waals surface area contributed by atoms with Crippen LogP contribution in [0.4, 0.5) is 0 Å². The molecule has 1 spiro atoms. The van der Waals surface area contributed by atoms with Crippen LogP contribution in [-0.2, 0) is 12.5 Å². The molecule has 122 valence electrons. The predicted octanol–water partition coefficient (Wildman–Crippen LogP) is 6.46. The zero-order valence-corrected chi connectivity index (χ0v) is 16.2. The summed E-state index contributed by atoms with van der Waals surface area (Å²) in [5.74, 6) is 0.744. The first kappa shape index (κ1) is 10.3. The van der Waals surface area contributed by atoms with Gasteiger partial charge in [0.05, 0.1) is 0 Å². The van der Waals surface area contributed by atoms with Crippen LogP contribution in [0.1, 0.15) is 60.3 Å². The van der Waals surface area contributed by atoms with Gasteiger partial charge >= 0.3 is 121 Å². The quantitative estimate of drug-likeness (QED) is 0.497. The van der Waals surface area contributed by atoms with E-state index in [2.05, 4.69) is 34.6 Å². The minimum absolute atomic E-state index is 0.427. The molecule has 2 heteroatoms. The summed E-state index contributed by atoms with van der Waals surface area (Å²) >= 11 is 0. The zero-order valence-electron chi connectivity index (χ0n) is 14.5. The minimum atomic E-state index is -4.13. The normalized spacial score (nSPS) is 108. The predicted molar refractivity (Wildman–Crippen MR) is 84.1 cm³/mol. The summed E-state index contributed by atoms with van der Waals surface area (Å²) < 4.78 is 9.67. The van der Waals surface area contributed by atoms with E-state index in [1.807, 2.05) is 0 Å². The molecule has 0 N–H and O–H groups in total. The first-order valence-electron chi connectivity index (χ1n) is 9.99. The standard InChI is InChI=1S/C11H17.C9H11O.Ru/c1-4-9-7-10(5-2)11(6-3)8-9;1-3-8-4-5-9(6-8)7(2)10;/h7-8H,4-6H2,1-3H3;4-6H,3H2,1-2H3;. The van der Waals surface area contributed by atoms with Crippen molar-refractivity contribution in [2.24, 2.45) is 0 Å². The summed E-state index contributed by atoms with van der Waals surface area (Å²) in [6.07, 6.45) is 5.97. The Bertz CT molecular complexity index is 1260. The number of hydrogen-bond acceptors (Lipinski definition) is 1. The molecule has 10 fully saturated rings. The molecule has 0 amide bonds. The third-order valence-electron chi connectivity index (χ3n) is 19.0. The molecule has 0 aromatic rings. The van der Waals surface area contributed by atoms with Gasteiger partial charge in [-0.15, -0.1) is 0 Å². The Hall–Kier alpha value is 0.293. The van der Waals surface area contributed by atoms with Crippen LogP contribution in [0.15, 0.2) is 0 Å². The van der Waals surface area contributed by atoms with Crippen molar-refractivity contribution in [1.29, 1.82) is 0 Å².